The van der Waals surface area contributed by atoms with Crippen LogP contribution in [0.4, 0.5) is 9.18 Å². The zero-order valence-electron chi connectivity index (χ0n) is 23.1. The largest absolute Gasteiger partial charge is 0.493 e. The average Bonchev–Trinajstić information content (AvgIpc) is 3.43. The molecule has 0 fully saturated rings. The van der Waals surface area contributed by atoms with E-state index in [-0.39, 0.29) is 35.7 Å². The van der Waals surface area contributed by atoms with Crippen LogP contribution >= 0.6 is 0 Å². The van der Waals surface area contributed by atoms with E-state index in [0.717, 1.165) is 28.0 Å². The van der Waals surface area contributed by atoms with Gasteiger partial charge in [0.1, 0.15) is 5.82 Å². The highest BCUT2D eigenvalue weighted by Crippen LogP contribution is 2.49. The summed E-state index contributed by atoms with van der Waals surface area (Å²) in [6.45, 7) is 2.47. The monoisotopic (exact) mass is 535 g/mol. The lowest BCUT2D eigenvalue weighted by atomic mass is 9.88. The first-order valence-electron chi connectivity index (χ1n) is 12.7. The molecule has 0 spiro atoms. The van der Waals surface area contributed by atoms with Gasteiger partial charge in [-0.15, -0.1) is 0 Å². The van der Waals surface area contributed by atoms with Gasteiger partial charge in [0.25, 0.3) is 0 Å². The fraction of sp³-hybridized carbons (Fsp3) is 0.333. The number of hydrogen-bond acceptors (Lipinski definition) is 5. The van der Waals surface area contributed by atoms with E-state index in [2.05, 4.69) is 5.32 Å². The van der Waals surface area contributed by atoms with Crippen molar-refractivity contribution in [3.8, 4) is 17.2 Å². The molecule has 8 nitrogen and oxygen atoms in total. The van der Waals surface area contributed by atoms with Gasteiger partial charge in [-0.2, -0.15) is 0 Å². The SMILES string of the molecule is COc1cc(C=C2c3ccc(F)cc3C(CC(=O)NCc3cccn3C)C2C)cc(OC)c1OC(=O)N(C)C. The standard InChI is InChI=1S/C30H34FN3O5/c1-18-23(12-19-13-26(37-5)29(27(14-19)38-6)39-30(36)33(2)3)22-10-9-20(31)15-25(22)24(18)16-28(35)32-17-21-8-7-11-34(21)4/h7-15,18,24H,16-17H2,1-6H3,(H,32,35). The van der Waals surface area contributed by atoms with Gasteiger partial charge in [-0.25, -0.2) is 9.18 Å². The number of nitrogens with zero attached hydrogens (tertiary/aromatic N) is 2. The molecule has 0 radical (unpaired) electrons. The topological polar surface area (TPSA) is 82.0 Å². The van der Waals surface area contributed by atoms with Gasteiger partial charge >= 0.3 is 6.09 Å². The van der Waals surface area contributed by atoms with Gasteiger partial charge in [0.2, 0.25) is 11.7 Å². The summed E-state index contributed by atoms with van der Waals surface area (Å²) in [4.78, 5) is 26.4. The molecule has 1 aromatic heterocycles. The summed E-state index contributed by atoms with van der Waals surface area (Å²) in [5.41, 5.74) is 4.41. The number of nitrogens with one attached hydrogen (secondary N) is 1. The molecule has 1 N–H and O–H groups in total. The highest BCUT2D eigenvalue weighted by Gasteiger charge is 2.35. The first-order valence-corrected chi connectivity index (χ1v) is 12.7. The lowest BCUT2D eigenvalue weighted by Gasteiger charge is -2.18. The van der Waals surface area contributed by atoms with Crippen LogP contribution in [-0.2, 0) is 18.4 Å². The summed E-state index contributed by atoms with van der Waals surface area (Å²) >= 11 is 0. The van der Waals surface area contributed by atoms with E-state index in [0.29, 0.717) is 18.0 Å². The summed E-state index contributed by atoms with van der Waals surface area (Å²) in [5.74, 6) is 0.142. The van der Waals surface area contributed by atoms with Crippen LogP contribution in [-0.4, -0.2) is 49.8 Å². The van der Waals surface area contributed by atoms with Crippen LogP contribution in [0.2, 0.25) is 0 Å². The Kier molecular flexibility index (Phi) is 8.28. The summed E-state index contributed by atoms with van der Waals surface area (Å²) in [7, 11) is 8.07. The van der Waals surface area contributed by atoms with E-state index in [1.54, 1.807) is 32.3 Å². The molecule has 0 aliphatic heterocycles. The molecule has 1 heterocycles. The maximum Gasteiger partial charge on any atom is 0.414 e. The molecular formula is C30H34FN3O5. The van der Waals surface area contributed by atoms with E-state index >= 15 is 0 Å². The molecule has 0 saturated heterocycles. The van der Waals surface area contributed by atoms with E-state index in [4.69, 9.17) is 14.2 Å². The average molecular weight is 536 g/mol. The molecule has 2 amide bonds. The number of carbonyl (C=O) groups is 2. The Bertz CT molecular complexity index is 1390. The van der Waals surface area contributed by atoms with Crippen molar-refractivity contribution in [3.05, 3.63) is 76.9 Å². The Morgan fingerprint density at radius 1 is 1.10 bits per heavy atom. The zero-order valence-corrected chi connectivity index (χ0v) is 23.1. The van der Waals surface area contributed by atoms with Crippen LogP contribution in [0.3, 0.4) is 0 Å². The molecule has 2 atom stereocenters. The number of ether oxygens (including phenoxy) is 3. The van der Waals surface area contributed by atoms with Gasteiger partial charge in [0.15, 0.2) is 11.5 Å². The lowest BCUT2D eigenvalue weighted by molar-refractivity contribution is -0.121. The van der Waals surface area contributed by atoms with Gasteiger partial charge in [0, 0.05) is 39.5 Å². The minimum atomic E-state index is -0.564. The summed E-state index contributed by atoms with van der Waals surface area (Å²) in [6, 6.07) is 12.1. The first-order chi connectivity index (χ1) is 18.6. The van der Waals surface area contributed by atoms with E-state index in [1.807, 2.05) is 42.9 Å². The van der Waals surface area contributed by atoms with E-state index in [9.17, 15) is 14.0 Å². The molecule has 2 unspecified atom stereocenters. The molecule has 206 valence electrons. The molecule has 4 rings (SSSR count). The number of methoxy groups -OCH3 is 2. The number of aryl methyl sites for hydroxylation is 1. The lowest BCUT2D eigenvalue weighted by Crippen LogP contribution is -2.26. The Morgan fingerprint density at radius 2 is 1.79 bits per heavy atom. The molecule has 2 aromatic carbocycles. The van der Waals surface area contributed by atoms with E-state index in [1.165, 1.54) is 31.3 Å². The Labute approximate surface area is 228 Å². The van der Waals surface area contributed by atoms with Crippen molar-refractivity contribution in [2.45, 2.75) is 25.8 Å². The molecule has 3 aromatic rings. The van der Waals surface area contributed by atoms with Crippen LogP contribution in [0.15, 0.2) is 48.7 Å². The van der Waals surface area contributed by atoms with Crippen LogP contribution < -0.4 is 19.5 Å². The minimum Gasteiger partial charge on any atom is -0.493 e. The van der Waals surface area contributed by atoms with Gasteiger partial charge in [-0.1, -0.05) is 19.1 Å². The number of aromatic nitrogens is 1. The highest BCUT2D eigenvalue weighted by atomic mass is 19.1. The van der Waals surface area contributed by atoms with Gasteiger partial charge < -0.3 is 29.0 Å². The third kappa shape index (κ3) is 5.92. The van der Waals surface area contributed by atoms with E-state index < -0.39 is 6.09 Å². The maximum absolute atomic E-state index is 14.3. The second-order valence-electron chi connectivity index (χ2n) is 9.83. The molecule has 0 bridgehead atoms. The first kappa shape index (κ1) is 27.8. The van der Waals surface area contributed by atoms with Gasteiger partial charge in [0.05, 0.1) is 20.8 Å². The molecule has 0 saturated carbocycles. The Morgan fingerprint density at radius 3 is 2.38 bits per heavy atom. The number of hydrogen-bond donors (Lipinski definition) is 1. The summed E-state index contributed by atoms with van der Waals surface area (Å²) in [6.07, 6.45) is 3.57. The van der Waals surface area contributed by atoms with Crippen LogP contribution in [0.1, 0.15) is 41.6 Å². The van der Waals surface area contributed by atoms with Gasteiger partial charge in [-0.3, -0.25) is 4.79 Å². The quantitative estimate of drug-likeness (QED) is 0.428. The second-order valence-corrected chi connectivity index (χ2v) is 9.83. The second kappa shape index (κ2) is 11.6. The van der Waals surface area contributed by atoms with Crippen LogP contribution in [0, 0.1) is 11.7 Å². The number of benzene rings is 2. The third-order valence-electron chi connectivity index (χ3n) is 7.10. The predicted molar refractivity (Wildman–Crippen MR) is 147 cm³/mol. The van der Waals surface area contributed by atoms with Crippen molar-refractivity contribution in [1.29, 1.82) is 0 Å². The number of allylic oxidation sites excluding steroid dienone is 1. The highest BCUT2D eigenvalue weighted by molar-refractivity contribution is 5.90. The van der Waals surface area contributed by atoms with Crippen molar-refractivity contribution in [2.24, 2.45) is 13.0 Å². The maximum atomic E-state index is 14.3. The number of amides is 2. The van der Waals surface area contributed by atoms with Crippen LogP contribution in [0.5, 0.6) is 17.2 Å². The summed E-state index contributed by atoms with van der Waals surface area (Å²) < 4.78 is 32.8. The number of halogens is 1. The van der Waals surface area contributed by atoms with Crippen molar-refractivity contribution in [1.82, 2.24) is 14.8 Å². The fourth-order valence-corrected chi connectivity index (χ4v) is 4.91. The van der Waals surface area contributed by atoms with Gasteiger partial charge in [-0.05, 0) is 70.5 Å². The smallest absolute Gasteiger partial charge is 0.414 e. The predicted octanol–water partition coefficient (Wildman–Crippen LogP) is 5.22. The molecule has 9 heteroatoms. The minimum absolute atomic E-state index is 0.0641. The molecule has 1 aliphatic rings. The van der Waals surface area contributed by atoms with Crippen molar-refractivity contribution < 1.29 is 28.2 Å². The molecule has 39 heavy (non-hydrogen) atoms. The number of rotatable bonds is 8. The van der Waals surface area contributed by atoms with Crippen molar-refractivity contribution in [3.63, 3.8) is 0 Å². The Hall–Kier alpha value is -4.27. The van der Waals surface area contributed by atoms with Crippen molar-refractivity contribution >= 4 is 23.6 Å². The summed E-state index contributed by atoms with van der Waals surface area (Å²) in [5, 5.41) is 2.99. The van der Waals surface area contributed by atoms with Crippen molar-refractivity contribution in [2.75, 3.05) is 28.3 Å². The Balaban J connectivity index is 1.65. The number of carbonyl (C=O) groups excluding carboxylic acids is 2. The fourth-order valence-electron chi connectivity index (χ4n) is 4.91. The van der Waals surface area contributed by atoms with Crippen LogP contribution in [0.25, 0.3) is 11.6 Å². The third-order valence-corrected chi connectivity index (χ3v) is 7.10. The molecular weight excluding hydrogens is 501 g/mol. The number of fused-ring (bicyclic) bond motifs is 1. The zero-order chi connectivity index (χ0) is 28.3. The normalized spacial score (nSPS) is 17.1. The molecule has 1 aliphatic carbocycles.